The molecule has 1 unspecified atom stereocenters. The van der Waals surface area contributed by atoms with Crippen molar-refractivity contribution in [3.8, 4) is 0 Å². The normalized spacial score (nSPS) is 13.8. The zero-order valence-corrected chi connectivity index (χ0v) is 7.32. The van der Waals surface area contributed by atoms with Crippen molar-refractivity contribution in [1.82, 2.24) is 0 Å². The molecule has 0 bridgehead atoms. The monoisotopic (exact) mass is 226 g/mol. The minimum Gasteiger partial charge on any atom is -0.790 e. The number of hydrogen-bond acceptors (Lipinski definition) is 6. The summed E-state index contributed by atoms with van der Waals surface area (Å²) >= 11 is 0. The van der Waals surface area contributed by atoms with Gasteiger partial charge in [0.25, 0.3) is 0 Å². The molecule has 0 aliphatic heterocycles. The summed E-state index contributed by atoms with van der Waals surface area (Å²) in [5, 5.41) is 16.6. The molecule has 11 heavy (non-hydrogen) atoms. The molecule has 0 heterocycles. The summed E-state index contributed by atoms with van der Waals surface area (Å²) in [6, 6.07) is 0. The van der Waals surface area contributed by atoms with Gasteiger partial charge in [-0.1, -0.05) is 0 Å². The van der Waals surface area contributed by atoms with E-state index in [1.807, 2.05) is 0 Å². The first kappa shape index (κ1) is 14.1. The van der Waals surface area contributed by atoms with E-state index in [1.54, 1.807) is 0 Å². The molecule has 0 rings (SSSR count). The predicted molar refractivity (Wildman–Crippen MR) is 26.7 cm³/mol. The summed E-state index contributed by atoms with van der Waals surface area (Å²) in [4.78, 5) is 19.4. The van der Waals surface area contributed by atoms with E-state index in [0.717, 1.165) is 0 Å². The standard InChI is InChI=1S/C3H9O6P.Fe/c4-1-3(5)2-9-10(6,7)8;/h3-5H,1-2H2,(H2,6,7,8);/q;+2/p-2. The van der Waals surface area contributed by atoms with Gasteiger partial charge >= 0.3 is 17.1 Å². The number of rotatable bonds is 4. The van der Waals surface area contributed by atoms with Gasteiger partial charge in [-0.05, 0) is 0 Å². The molecular weight excluding hydrogens is 219 g/mol. The van der Waals surface area contributed by atoms with Gasteiger partial charge in [-0.2, -0.15) is 0 Å². The van der Waals surface area contributed by atoms with Gasteiger partial charge in [0, 0.05) is 0 Å². The summed E-state index contributed by atoms with van der Waals surface area (Å²) in [7, 11) is -5.00. The van der Waals surface area contributed by atoms with Gasteiger partial charge in [-0.25, -0.2) is 0 Å². The number of phosphoric acid groups is 1. The van der Waals surface area contributed by atoms with Crippen molar-refractivity contribution in [3.05, 3.63) is 0 Å². The van der Waals surface area contributed by atoms with Gasteiger partial charge in [-0.3, -0.25) is 0 Å². The minimum atomic E-state index is -5.00. The summed E-state index contributed by atoms with van der Waals surface area (Å²) in [6.07, 6.45) is -1.32. The quantitative estimate of drug-likeness (QED) is 0.395. The molecule has 0 aromatic carbocycles. The van der Waals surface area contributed by atoms with Gasteiger partial charge in [0.1, 0.15) is 6.10 Å². The van der Waals surface area contributed by atoms with E-state index in [-0.39, 0.29) is 17.1 Å². The molecule has 0 aromatic rings. The summed E-state index contributed by atoms with van der Waals surface area (Å²) in [5.41, 5.74) is 0. The molecule has 0 aromatic heterocycles. The summed E-state index contributed by atoms with van der Waals surface area (Å²) < 4.78 is 13.3. The molecule has 2 N–H and O–H groups in total. The van der Waals surface area contributed by atoms with E-state index in [0.29, 0.717) is 0 Å². The Balaban J connectivity index is 0. The van der Waals surface area contributed by atoms with Crippen LogP contribution in [-0.4, -0.2) is 29.5 Å². The Morgan fingerprint density at radius 1 is 1.55 bits per heavy atom. The average Bonchev–Trinajstić information content (AvgIpc) is 1.81. The topological polar surface area (TPSA) is 113 Å². The Bertz CT molecular complexity index is 134. The van der Waals surface area contributed by atoms with Crippen LogP contribution in [0, 0.1) is 0 Å². The number of aliphatic hydroxyl groups excluding tert-OH is 2. The fourth-order valence-corrected chi connectivity index (χ4v) is 0.585. The van der Waals surface area contributed by atoms with Crippen LogP contribution in [0.15, 0.2) is 0 Å². The summed E-state index contributed by atoms with van der Waals surface area (Å²) in [5.74, 6) is 0. The number of phosphoric ester groups is 1. The minimum absolute atomic E-state index is 0. The maximum absolute atomic E-state index is 9.71. The molecule has 0 saturated carbocycles. The van der Waals surface area contributed by atoms with Gasteiger partial charge < -0.3 is 29.1 Å². The molecule has 0 radical (unpaired) electrons. The van der Waals surface area contributed by atoms with Crippen molar-refractivity contribution < 1.29 is 46.2 Å². The van der Waals surface area contributed by atoms with Gasteiger partial charge in [0.15, 0.2) is 0 Å². The molecule has 0 spiro atoms. The van der Waals surface area contributed by atoms with Crippen molar-refractivity contribution in [2.75, 3.05) is 13.2 Å². The molecule has 68 valence electrons. The molecule has 8 heteroatoms. The van der Waals surface area contributed by atoms with Crippen molar-refractivity contribution in [2.24, 2.45) is 0 Å². The van der Waals surface area contributed by atoms with E-state index in [4.69, 9.17) is 10.2 Å². The van der Waals surface area contributed by atoms with E-state index in [1.165, 1.54) is 0 Å². The first-order valence-electron chi connectivity index (χ1n) is 2.41. The Morgan fingerprint density at radius 3 is 2.27 bits per heavy atom. The molecule has 0 aliphatic rings. The zero-order valence-electron chi connectivity index (χ0n) is 5.32. The van der Waals surface area contributed by atoms with Crippen LogP contribution in [0.3, 0.4) is 0 Å². The summed E-state index contributed by atoms with van der Waals surface area (Å²) in [6.45, 7) is -1.33. The molecular formula is C3H7FeO6P. The van der Waals surface area contributed by atoms with Crippen molar-refractivity contribution in [3.63, 3.8) is 0 Å². The van der Waals surface area contributed by atoms with E-state index in [9.17, 15) is 14.4 Å². The third-order valence-corrected chi connectivity index (χ3v) is 1.10. The van der Waals surface area contributed by atoms with E-state index in [2.05, 4.69) is 4.52 Å². The Kier molecular flexibility index (Phi) is 7.83. The average molecular weight is 226 g/mol. The predicted octanol–water partition coefficient (Wildman–Crippen LogP) is -2.82. The first-order chi connectivity index (χ1) is 4.45. The molecule has 0 aliphatic carbocycles. The first-order valence-corrected chi connectivity index (χ1v) is 3.87. The van der Waals surface area contributed by atoms with Crippen LogP contribution in [0.4, 0.5) is 0 Å². The van der Waals surface area contributed by atoms with Crippen LogP contribution in [0.1, 0.15) is 0 Å². The van der Waals surface area contributed by atoms with Crippen molar-refractivity contribution in [1.29, 1.82) is 0 Å². The second-order valence-electron chi connectivity index (χ2n) is 1.58. The third-order valence-electron chi connectivity index (χ3n) is 0.636. The van der Waals surface area contributed by atoms with Crippen LogP contribution < -0.4 is 9.79 Å². The Morgan fingerprint density at radius 2 is 2.00 bits per heavy atom. The third kappa shape index (κ3) is 10.5. The molecule has 0 saturated heterocycles. The molecule has 1 atom stereocenters. The Hall–Kier alpha value is 0.549. The smallest absolute Gasteiger partial charge is 0.790 e. The maximum atomic E-state index is 9.71. The van der Waals surface area contributed by atoms with Crippen LogP contribution in [0.2, 0.25) is 0 Å². The van der Waals surface area contributed by atoms with Crippen molar-refractivity contribution >= 4 is 7.82 Å². The molecule has 6 nitrogen and oxygen atoms in total. The second-order valence-corrected chi connectivity index (χ2v) is 2.73. The van der Waals surface area contributed by atoms with Gasteiger partial charge in [0.2, 0.25) is 0 Å². The fraction of sp³-hybridized carbons (Fsp3) is 1.00. The van der Waals surface area contributed by atoms with Crippen molar-refractivity contribution in [2.45, 2.75) is 6.10 Å². The number of hydrogen-bond donors (Lipinski definition) is 2. The van der Waals surface area contributed by atoms with Crippen LogP contribution >= 0.6 is 7.82 Å². The van der Waals surface area contributed by atoms with Gasteiger partial charge in [-0.15, -0.1) is 0 Å². The van der Waals surface area contributed by atoms with E-state index >= 15 is 0 Å². The van der Waals surface area contributed by atoms with Crippen LogP contribution in [-0.2, 0) is 26.2 Å². The largest absolute Gasteiger partial charge is 2.00 e. The Labute approximate surface area is 73.9 Å². The second kappa shape index (κ2) is 6.11. The zero-order chi connectivity index (χ0) is 8.20. The van der Waals surface area contributed by atoms with E-state index < -0.39 is 27.1 Å². The van der Waals surface area contributed by atoms with Gasteiger partial charge in [0.05, 0.1) is 21.0 Å². The molecule has 0 fully saturated rings. The van der Waals surface area contributed by atoms with Crippen LogP contribution in [0.5, 0.6) is 0 Å². The number of aliphatic hydroxyl groups is 2. The maximum Gasteiger partial charge on any atom is 2.00 e. The van der Waals surface area contributed by atoms with Crippen LogP contribution in [0.25, 0.3) is 0 Å². The fourth-order valence-electron chi connectivity index (χ4n) is 0.230. The molecule has 0 amide bonds. The SMILES string of the molecule is O=P([O-])([O-])OCC(O)CO.[Fe+2].